The Kier molecular flexibility index (Phi) is 6.29. The Morgan fingerprint density at radius 2 is 2.00 bits per heavy atom. The first-order valence-electron chi connectivity index (χ1n) is 10.3. The van der Waals surface area contributed by atoms with Crippen LogP contribution in [-0.4, -0.2) is 55.3 Å². The summed E-state index contributed by atoms with van der Waals surface area (Å²) in [4.78, 5) is 20.6. The quantitative estimate of drug-likeness (QED) is 0.586. The van der Waals surface area contributed by atoms with Crippen LogP contribution in [0.1, 0.15) is 47.5 Å². The number of rotatable bonds is 8. The molecule has 1 atom stereocenters. The highest BCUT2D eigenvalue weighted by molar-refractivity contribution is 5.52. The average molecular weight is 409 g/mol. The lowest BCUT2D eigenvalue weighted by atomic mass is 10.1. The third-order valence-corrected chi connectivity index (χ3v) is 5.20. The number of nitrogens with zero attached hydrogens (tertiary/aromatic N) is 6. The van der Waals surface area contributed by atoms with Crippen LogP contribution < -0.4 is 5.32 Å². The third kappa shape index (κ3) is 4.98. The highest BCUT2D eigenvalue weighted by Gasteiger charge is 2.28. The molecule has 0 aliphatic carbocycles. The van der Waals surface area contributed by atoms with Crippen molar-refractivity contribution in [1.82, 2.24) is 35.0 Å². The highest BCUT2D eigenvalue weighted by atomic mass is 16.5. The van der Waals surface area contributed by atoms with Crippen LogP contribution in [0.5, 0.6) is 0 Å². The summed E-state index contributed by atoms with van der Waals surface area (Å²) in [5.41, 5.74) is 3.15. The predicted molar refractivity (Wildman–Crippen MR) is 113 cm³/mol. The van der Waals surface area contributed by atoms with E-state index in [1.165, 1.54) is 0 Å². The van der Waals surface area contributed by atoms with Gasteiger partial charge in [-0.15, -0.1) is 0 Å². The Bertz CT molecular complexity index is 971. The van der Waals surface area contributed by atoms with Crippen LogP contribution in [0.2, 0.25) is 0 Å². The molecule has 3 aromatic rings. The van der Waals surface area contributed by atoms with E-state index in [0.717, 1.165) is 72.6 Å². The molecule has 9 nitrogen and oxygen atoms in total. The fourth-order valence-electron chi connectivity index (χ4n) is 3.81. The zero-order valence-corrected chi connectivity index (χ0v) is 17.7. The average Bonchev–Trinajstić information content (AvgIpc) is 3.36. The molecule has 3 aromatic heterocycles. The summed E-state index contributed by atoms with van der Waals surface area (Å²) >= 11 is 0. The molecule has 158 valence electrons. The molecule has 0 spiro atoms. The molecule has 1 aliphatic rings. The Balaban J connectivity index is 1.47. The van der Waals surface area contributed by atoms with Crippen molar-refractivity contribution >= 4 is 11.6 Å². The number of nitrogens with one attached hydrogen (secondary N) is 2. The van der Waals surface area contributed by atoms with Crippen molar-refractivity contribution in [3.05, 3.63) is 53.1 Å². The molecule has 0 saturated carbocycles. The van der Waals surface area contributed by atoms with Crippen molar-refractivity contribution < 1.29 is 4.74 Å². The molecule has 30 heavy (non-hydrogen) atoms. The lowest BCUT2D eigenvalue weighted by Gasteiger charge is -2.24. The van der Waals surface area contributed by atoms with Crippen molar-refractivity contribution in [3.8, 4) is 0 Å². The van der Waals surface area contributed by atoms with E-state index in [2.05, 4.69) is 35.4 Å². The molecule has 1 saturated heterocycles. The minimum absolute atomic E-state index is 0.251. The lowest BCUT2D eigenvalue weighted by Crippen LogP contribution is -2.24. The number of anilines is 2. The molecule has 1 fully saturated rings. The van der Waals surface area contributed by atoms with Gasteiger partial charge in [0.1, 0.15) is 17.5 Å². The Labute approximate surface area is 176 Å². The highest BCUT2D eigenvalue weighted by Crippen LogP contribution is 2.33. The predicted octanol–water partition coefficient (Wildman–Crippen LogP) is 2.88. The minimum Gasteiger partial charge on any atom is -0.384 e. The minimum atomic E-state index is 0.251. The third-order valence-electron chi connectivity index (χ3n) is 5.20. The van der Waals surface area contributed by atoms with Crippen LogP contribution in [0, 0.1) is 13.8 Å². The molecule has 1 aliphatic heterocycles. The maximum Gasteiger partial charge on any atom is 0.153 e. The zero-order valence-electron chi connectivity index (χ0n) is 17.7. The number of aryl methyl sites for hydroxylation is 2. The number of hydrogen-bond donors (Lipinski definition) is 2. The van der Waals surface area contributed by atoms with E-state index >= 15 is 0 Å². The fourth-order valence-corrected chi connectivity index (χ4v) is 3.81. The lowest BCUT2D eigenvalue weighted by molar-refractivity contribution is 0.200. The summed E-state index contributed by atoms with van der Waals surface area (Å²) in [5, 5.41) is 10.5. The van der Waals surface area contributed by atoms with Gasteiger partial charge < -0.3 is 10.1 Å². The van der Waals surface area contributed by atoms with Gasteiger partial charge >= 0.3 is 0 Å². The molecule has 0 bridgehead atoms. The number of methoxy groups -OCH3 is 1. The molecule has 0 unspecified atom stereocenters. The van der Waals surface area contributed by atoms with E-state index in [1.807, 2.05) is 38.4 Å². The SMILES string of the molecule is COCCc1ncc(CN2CCC[C@H]2c2cc(Nc3cc(C)[nH]n3)nc(C)n2)cn1. The van der Waals surface area contributed by atoms with Gasteiger partial charge in [0.05, 0.1) is 18.3 Å². The molecular formula is C21H28N8O. The molecule has 9 heteroatoms. The first kappa shape index (κ1) is 20.4. The van der Waals surface area contributed by atoms with Crippen LogP contribution in [0.4, 0.5) is 11.6 Å². The molecule has 4 heterocycles. The van der Waals surface area contributed by atoms with Crippen molar-refractivity contribution in [2.45, 2.75) is 45.7 Å². The van der Waals surface area contributed by atoms with Crippen LogP contribution in [-0.2, 0) is 17.7 Å². The van der Waals surface area contributed by atoms with Gasteiger partial charge in [-0.3, -0.25) is 10.00 Å². The monoisotopic (exact) mass is 408 g/mol. The summed E-state index contributed by atoms with van der Waals surface area (Å²) in [6.45, 7) is 6.37. The second kappa shape index (κ2) is 9.27. The maximum absolute atomic E-state index is 5.09. The standard InChI is InChI=1S/C21H28N8O/c1-14-9-21(28-27-14)26-20-10-17(24-15(2)25-20)18-5-4-7-29(18)13-16-11-22-19(23-12-16)6-8-30-3/h9-12,18H,4-8,13H2,1-3H3,(H2,24,25,26,27,28)/t18-/m0/s1. The zero-order chi connectivity index (χ0) is 20.9. The van der Waals surface area contributed by atoms with E-state index in [9.17, 15) is 0 Å². The molecule has 2 N–H and O–H groups in total. The van der Waals surface area contributed by atoms with Gasteiger partial charge in [-0.1, -0.05) is 0 Å². The van der Waals surface area contributed by atoms with Crippen molar-refractivity contribution in [1.29, 1.82) is 0 Å². The largest absolute Gasteiger partial charge is 0.384 e. The molecule has 0 amide bonds. The van der Waals surface area contributed by atoms with Crippen molar-refractivity contribution in [2.75, 3.05) is 25.6 Å². The van der Waals surface area contributed by atoms with Gasteiger partial charge in [0.15, 0.2) is 5.82 Å². The van der Waals surface area contributed by atoms with E-state index in [4.69, 9.17) is 9.72 Å². The van der Waals surface area contributed by atoms with E-state index in [1.54, 1.807) is 7.11 Å². The van der Waals surface area contributed by atoms with E-state index in [-0.39, 0.29) is 6.04 Å². The summed E-state index contributed by atoms with van der Waals surface area (Å²) in [6.07, 6.45) is 6.79. The molecular weight excluding hydrogens is 380 g/mol. The summed E-state index contributed by atoms with van der Waals surface area (Å²) in [7, 11) is 1.69. The molecule has 4 rings (SSSR count). The Morgan fingerprint density at radius 1 is 1.17 bits per heavy atom. The van der Waals surface area contributed by atoms with Crippen LogP contribution in [0.3, 0.4) is 0 Å². The van der Waals surface area contributed by atoms with Gasteiger partial charge in [-0.2, -0.15) is 5.10 Å². The van der Waals surface area contributed by atoms with Crippen molar-refractivity contribution in [2.24, 2.45) is 0 Å². The van der Waals surface area contributed by atoms with Gasteiger partial charge in [-0.05, 0) is 33.2 Å². The van der Waals surface area contributed by atoms with E-state index < -0.39 is 0 Å². The van der Waals surface area contributed by atoms with Crippen LogP contribution >= 0.6 is 0 Å². The summed E-state index contributed by atoms with van der Waals surface area (Å²) < 4.78 is 5.09. The van der Waals surface area contributed by atoms with Crippen LogP contribution in [0.15, 0.2) is 24.5 Å². The van der Waals surface area contributed by atoms with Gasteiger partial charge in [-0.25, -0.2) is 19.9 Å². The number of likely N-dealkylation sites (tertiary alicyclic amines) is 1. The first-order chi connectivity index (χ1) is 14.6. The number of H-pyrrole nitrogens is 1. The number of aromatic nitrogens is 6. The van der Waals surface area contributed by atoms with Crippen LogP contribution in [0.25, 0.3) is 0 Å². The molecule has 0 radical (unpaired) electrons. The van der Waals surface area contributed by atoms with Gasteiger partial charge in [0.2, 0.25) is 0 Å². The summed E-state index contributed by atoms with van der Waals surface area (Å²) in [6, 6.07) is 4.24. The number of aromatic amines is 1. The fraction of sp³-hybridized carbons (Fsp3) is 0.476. The number of hydrogen-bond acceptors (Lipinski definition) is 8. The topological polar surface area (TPSA) is 105 Å². The number of ether oxygens (including phenoxy) is 1. The Hall–Kier alpha value is -2.91. The second-order valence-corrected chi connectivity index (χ2v) is 7.67. The Morgan fingerprint density at radius 3 is 2.73 bits per heavy atom. The van der Waals surface area contributed by atoms with E-state index in [0.29, 0.717) is 6.61 Å². The van der Waals surface area contributed by atoms with Crippen molar-refractivity contribution in [3.63, 3.8) is 0 Å². The molecule has 0 aromatic carbocycles. The first-order valence-corrected chi connectivity index (χ1v) is 10.3. The van der Waals surface area contributed by atoms with Gasteiger partial charge in [0.25, 0.3) is 0 Å². The normalized spacial score (nSPS) is 16.8. The summed E-state index contributed by atoms with van der Waals surface area (Å²) in [5.74, 6) is 3.08. The van der Waals surface area contributed by atoms with Gasteiger partial charge in [0, 0.05) is 55.9 Å². The second-order valence-electron chi connectivity index (χ2n) is 7.67. The smallest absolute Gasteiger partial charge is 0.153 e. The maximum atomic E-state index is 5.09.